The van der Waals surface area contributed by atoms with Crippen molar-refractivity contribution < 1.29 is 9.53 Å². The number of nitrogens with zero attached hydrogens (tertiary/aromatic N) is 3. The fraction of sp³-hybridized carbons (Fsp3) is 0.222. The van der Waals surface area contributed by atoms with Gasteiger partial charge in [-0.05, 0) is 36.6 Å². The number of ketones is 1. The Hall–Kier alpha value is -1.08. The summed E-state index contributed by atoms with van der Waals surface area (Å²) in [6.45, 7) is 1.46. The highest BCUT2D eigenvalue weighted by molar-refractivity contribution is 6.67. The van der Waals surface area contributed by atoms with E-state index in [0.29, 0.717) is 22.3 Å². The predicted molar refractivity (Wildman–Crippen MR) is 118 cm³/mol. The van der Waals surface area contributed by atoms with Gasteiger partial charge in [0.05, 0.1) is 7.11 Å². The van der Waals surface area contributed by atoms with Gasteiger partial charge in [-0.25, -0.2) is 15.0 Å². The minimum absolute atomic E-state index is 0.107. The number of ether oxygens (including phenoxy) is 1. The molecule has 0 fully saturated rings. The SMILES string of the molecule is COc1ccc(-c2nc(C(Cl)(Cl)Cl)nc(C(Cl)(Cl)Cl)n2)c2cc(C(C)=O)ccc12. The zero-order valence-corrected chi connectivity index (χ0v) is 19.3. The normalized spacial score (nSPS) is 12.3. The molecule has 0 N–H and O–H groups in total. The Morgan fingerprint density at radius 1 is 0.862 bits per heavy atom. The summed E-state index contributed by atoms with van der Waals surface area (Å²) in [5.74, 6) is 0.174. The molecule has 0 aliphatic carbocycles. The molecule has 0 amide bonds. The molecule has 11 heteroatoms. The smallest absolute Gasteiger partial charge is 0.250 e. The molecule has 0 saturated heterocycles. The first-order chi connectivity index (χ1) is 13.4. The van der Waals surface area contributed by atoms with Crippen LogP contribution in [0.4, 0.5) is 0 Å². The van der Waals surface area contributed by atoms with Gasteiger partial charge in [-0.2, -0.15) is 0 Å². The van der Waals surface area contributed by atoms with E-state index in [9.17, 15) is 4.79 Å². The predicted octanol–water partition coefficient (Wildman–Crippen LogP) is 6.56. The fourth-order valence-electron chi connectivity index (χ4n) is 2.66. The van der Waals surface area contributed by atoms with Crippen LogP contribution >= 0.6 is 69.6 Å². The van der Waals surface area contributed by atoms with E-state index in [2.05, 4.69) is 15.0 Å². The molecule has 0 radical (unpaired) electrons. The highest BCUT2D eigenvalue weighted by atomic mass is 35.6. The molecule has 0 saturated carbocycles. The molecule has 0 aliphatic heterocycles. The number of aromatic nitrogens is 3. The number of alkyl halides is 6. The number of fused-ring (bicyclic) bond motifs is 1. The molecular weight excluding hydrogens is 503 g/mol. The quantitative estimate of drug-likeness (QED) is 0.293. The lowest BCUT2D eigenvalue weighted by molar-refractivity contribution is 0.101. The second-order valence-electron chi connectivity index (χ2n) is 5.93. The van der Waals surface area contributed by atoms with Crippen molar-refractivity contribution in [3.63, 3.8) is 0 Å². The summed E-state index contributed by atoms with van der Waals surface area (Å²) in [4.78, 5) is 24.4. The van der Waals surface area contributed by atoms with E-state index < -0.39 is 7.59 Å². The van der Waals surface area contributed by atoms with E-state index >= 15 is 0 Å². The van der Waals surface area contributed by atoms with E-state index in [-0.39, 0.29) is 23.3 Å². The Balaban J connectivity index is 2.38. The fourth-order valence-corrected chi connectivity index (χ4v) is 3.17. The van der Waals surface area contributed by atoms with Crippen LogP contribution in [0.1, 0.15) is 28.9 Å². The van der Waals surface area contributed by atoms with Crippen molar-refractivity contribution in [3.05, 3.63) is 47.5 Å². The van der Waals surface area contributed by atoms with Crippen molar-refractivity contribution in [2.75, 3.05) is 7.11 Å². The molecule has 29 heavy (non-hydrogen) atoms. The molecule has 0 spiro atoms. The van der Waals surface area contributed by atoms with E-state index in [1.807, 2.05) is 0 Å². The van der Waals surface area contributed by atoms with Crippen molar-refractivity contribution in [3.8, 4) is 17.1 Å². The highest BCUT2D eigenvalue weighted by Gasteiger charge is 2.34. The molecular formula is C18H11Cl6N3O2. The van der Waals surface area contributed by atoms with Crippen molar-refractivity contribution in [1.82, 2.24) is 15.0 Å². The average molecular weight is 514 g/mol. The zero-order chi connectivity index (χ0) is 21.6. The number of hydrogen-bond acceptors (Lipinski definition) is 5. The zero-order valence-electron chi connectivity index (χ0n) is 14.8. The van der Waals surface area contributed by atoms with Gasteiger partial charge >= 0.3 is 0 Å². The number of rotatable bonds is 3. The van der Waals surface area contributed by atoms with E-state index in [1.165, 1.54) is 14.0 Å². The number of Topliss-reactive ketones (excluding diaryl/α,β-unsaturated/α-hetero) is 1. The Bertz CT molecular complexity index is 1080. The Kier molecular flexibility index (Phi) is 6.40. The molecule has 0 unspecified atom stereocenters. The van der Waals surface area contributed by atoms with Gasteiger partial charge in [0, 0.05) is 16.5 Å². The first-order valence-electron chi connectivity index (χ1n) is 7.94. The van der Waals surface area contributed by atoms with Crippen LogP contribution in [-0.4, -0.2) is 27.8 Å². The Labute approximate surface area is 196 Å². The summed E-state index contributed by atoms with van der Waals surface area (Å²) >= 11 is 35.7. The molecule has 1 aromatic heterocycles. The van der Waals surface area contributed by atoms with E-state index in [0.717, 1.165) is 5.39 Å². The molecule has 5 nitrogen and oxygen atoms in total. The first kappa shape index (κ1) is 22.6. The van der Waals surface area contributed by atoms with Gasteiger partial charge in [0.1, 0.15) is 5.75 Å². The molecule has 1 heterocycles. The number of benzene rings is 2. The largest absolute Gasteiger partial charge is 0.496 e. The van der Waals surface area contributed by atoms with Gasteiger partial charge < -0.3 is 4.74 Å². The van der Waals surface area contributed by atoms with Gasteiger partial charge in [0.25, 0.3) is 0 Å². The summed E-state index contributed by atoms with van der Waals surface area (Å²) in [7, 11) is 1.54. The minimum atomic E-state index is -1.98. The lowest BCUT2D eigenvalue weighted by Gasteiger charge is -2.17. The summed E-state index contributed by atoms with van der Waals surface area (Å²) in [5, 5.41) is 1.36. The molecule has 3 rings (SSSR count). The highest BCUT2D eigenvalue weighted by Crippen LogP contribution is 2.42. The first-order valence-corrected chi connectivity index (χ1v) is 10.2. The van der Waals surface area contributed by atoms with Crippen LogP contribution in [0.3, 0.4) is 0 Å². The summed E-state index contributed by atoms with van der Waals surface area (Å²) in [6, 6.07) is 8.58. The maximum atomic E-state index is 11.9. The number of methoxy groups -OCH3 is 1. The Morgan fingerprint density at radius 2 is 1.45 bits per heavy atom. The van der Waals surface area contributed by atoms with Gasteiger partial charge in [-0.1, -0.05) is 75.7 Å². The standard InChI is InChI=1S/C18H11Cl6N3O2/c1-8(28)9-3-4-10-12(7-9)11(5-6-13(10)29-2)14-25-15(17(19,20)21)27-16(26-14)18(22,23)24/h3-7H,1-2H3. The molecule has 152 valence electrons. The molecule has 0 aliphatic rings. The molecule has 0 bridgehead atoms. The van der Waals surface area contributed by atoms with Gasteiger partial charge in [0.2, 0.25) is 7.59 Å². The van der Waals surface area contributed by atoms with Crippen LogP contribution in [0, 0.1) is 0 Å². The van der Waals surface area contributed by atoms with Gasteiger partial charge in [0.15, 0.2) is 23.3 Å². The van der Waals surface area contributed by atoms with E-state index in [4.69, 9.17) is 74.3 Å². The maximum Gasteiger partial charge on any atom is 0.250 e. The Morgan fingerprint density at radius 3 is 1.93 bits per heavy atom. The number of carbonyl (C=O) groups excluding carboxylic acids is 1. The summed E-state index contributed by atoms with van der Waals surface area (Å²) in [5.41, 5.74) is 1.00. The van der Waals surface area contributed by atoms with Crippen LogP contribution in [0.25, 0.3) is 22.2 Å². The molecule has 0 atom stereocenters. The summed E-state index contributed by atoms with van der Waals surface area (Å²) in [6.07, 6.45) is 0. The van der Waals surface area contributed by atoms with Crippen LogP contribution in [0.15, 0.2) is 30.3 Å². The lowest BCUT2D eigenvalue weighted by atomic mass is 9.99. The summed E-state index contributed by atoms with van der Waals surface area (Å²) < 4.78 is 1.46. The second kappa shape index (κ2) is 8.22. The van der Waals surface area contributed by atoms with Crippen molar-refractivity contribution in [2.45, 2.75) is 14.5 Å². The van der Waals surface area contributed by atoms with Crippen LogP contribution in [0.2, 0.25) is 0 Å². The number of hydrogen-bond donors (Lipinski definition) is 0. The average Bonchev–Trinajstić information content (AvgIpc) is 2.64. The van der Waals surface area contributed by atoms with Crippen LogP contribution in [0.5, 0.6) is 5.75 Å². The second-order valence-corrected chi connectivity index (χ2v) is 10.5. The van der Waals surface area contributed by atoms with Gasteiger partial charge in [-0.3, -0.25) is 4.79 Å². The number of carbonyl (C=O) groups is 1. The third kappa shape index (κ3) is 4.82. The molecule has 2 aromatic carbocycles. The van der Waals surface area contributed by atoms with Crippen LogP contribution < -0.4 is 4.74 Å². The number of halogens is 6. The van der Waals surface area contributed by atoms with Crippen molar-refractivity contribution >= 4 is 86.2 Å². The van der Waals surface area contributed by atoms with Crippen molar-refractivity contribution in [1.29, 1.82) is 0 Å². The van der Waals surface area contributed by atoms with E-state index in [1.54, 1.807) is 30.3 Å². The maximum absolute atomic E-state index is 11.9. The monoisotopic (exact) mass is 511 g/mol. The molecule has 3 aromatic rings. The van der Waals surface area contributed by atoms with Crippen molar-refractivity contribution in [2.24, 2.45) is 0 Å². The third-order valence-electron chi connectivity index (χ3n) is 3.99. The van der Waals surface area contributed by atoms with Crippen LogP contribution in [-0.2, 0) is 7.59 Å². The minimum Gasteiger partial charge on any atom is -0.496 e. The van der Waals surface area contributed by atoms with Gasteiger partial charge in [-0.15, -0.1) is 0 Å². The third-order valence-corrected chi connectivity index (χ3v) is 5.00. The topological polar surface area (TPSA) is 65.0 Å². The lowest BCUT2D eigenvalue weighted by Crippen LogP contribution is -2.16.